The van der Waals surface area contributed by atoms with Gasteiger partial charge in [0, 0.05) is 0 Å². The third-order valence-corrected chi connectivity index (χ3v) is 5.89. The smallest absolute Gasteiger partial charge is 0.266 e. The molecule has 0 atom stereocenters. The van der Waals surface area contributed by atoms with Crippen molar-refractivity contribution in [2.24, 2.45) is 0 Å². The lowest BCUT2D eigenvalue weighted by atomic mass is 10.0. The monoisotopic (exact) mass is 417 g/mol. The summed E-state index contributed by atoms with van der Waals surface area (Å²) in [6, 6.07) is 27.9. The van der Waals surface area contributed by atoms with Gasteiger partial charge in [-0.3, -0.25) is 9.69 Å². The lowest BCUT2D eigenvalue weighted by Gasteiger charge is -2.14. The molecule has 29 heavy (non-hydrogen) atoms. The lowest BCUT2D eigenvalue weighted by Crippen LogP contribution is -2.32. The van der Waals surface area contributed by atoms with Crippen LogP contribution in [0.25, 0.3) is 17.2 Å². The lowest BCUT2D eigenvalue weighted by molar-refractivity contribution is -0.122. The highest BCUT2D eigenvalue weighted by molar-refractivity contribution is 8.26. The second kappa shape index (κ2) is 9.07. The molecule has 0 aliphatic carbocycles. The number of benzene rings is 3. The van der Waals surface area contributed by atoms with E-state index in [1.54, 1.807) is 4.90 Å². The maximum absolute atomic E-state index is 12.7. The molecule has 0 radical (unpaired) electrons. The maximum Gasteiger partial charge on any atom is 0.266 e. The van der Waals surface area contributed by atoms with Crippen molar-refractivity contribution in [2.75, 3.05) is 13.2 Å². The molecule has 0 unspecified atom stereocenters. The molecule has 144 valence electrons. The third-order valence-electron chi connectivity index (χ3n) is 4.52. The van der Waals surface area contributed by atoms with Crippen molar-refractivity contribution >= 4 is 40.3 Å². The first-order valence-electron chi connectivity index (χ1n) is 9.29. The molecule has 1 fully saturated rings. The minimum atomic E-state index is -0.0659. The fraction of sp³-hybridized carbons (Fsp3) is 0.0833. The highest BCUT2D eigenvalue weighted by Crippen LogP contribution is 2.32. The van der Waals surface area contributed by atoms with Crippen molar-refractivity contribution in [2.45, 2.75) is 0 Å². The van der Waals surface area contributed by atoms with Crippen LogP contribution in [-0.2, 0) is 4.79 Å². The van der Waals surface area contributed by atoms with Crippen LogP contribution in [0.5, 0.6) is 5.75 Å². The van der Waals surface area contributed by atoms with Gasteiger partial charge in [0.25, 0.3) is 5.91 Å². The van der Waals surface area contributed by atoms with E-state index >= 15 is 0 Å². The van der Waals surface area contributed by atoms with Crippen molar-refractivity contribution in [3.8, 4) is 16.9 Å². The van der Waals surface area contributed by atoms with Crippen molar-refractivity contribution < 1.29 is 9.53 Å². The number of para-hydroxylation sites is 1. The van der Waals surface area contributed by atoms with Crippen molar-refractivity contribution in [1.29, 1.82) is 0 Å². The van der Waals surface area contributed by atoms with E-state index in [1.165, 1.54) is 17.3 Å². The fourth-order valence-corrected chi connectivity index (χ4v) is 4.33. The zero-order valence-electron chi connectivity index (χ0n) is 15.7. The van der Waals surface area contributed by atoms with Gasteiger partial charge in [-0.1, -0.05) is 96.8 Å². The summed E-state index contributed by atoms with van der Waals surface area (Å²) in [4.78, 5) is 15.0. The van der Waals surface area contributed by atoms with Crippen molar-refractivity contribution in [3.05, 3.63) is 95.4 Å². The molecule has 4 rings (SSSR count). The van der Waals surface area contributed by atoms with Gasteiger partial charge in [-0.25, -0.2) is 0 Å². The van der Waals surface area contributed by atoms with Crippen LogP contribution in [0.4, 0.5) is 0 Å². The number of ether oxygens (including phenoxy) is 1. The predicted molar refractivity (Wildman–Crippen MR) is 124 cm³/mol. The summed E-state index contributed by atoms with van der Waals surface area (Å²) in [5.41, 5.74) is 3.29. The quantitative estimate of drug-likeness (QED) is 0.384. The average Bonchev–Trinajstić information content (AvgIpc) is 3.03. The molecule has 0 spiro atoms. The number of nitrogens with zero attached hydrogens (tertiary/aromatic N) is 1. The maximum atomic E-state index is 12.7. The first kappa shape index (κ1) is 19.4. The first-order chi connectivity index (χ1) is 14.2. The summed E-state index contributed by atoms with van der Waals surface area (Å²) in [5, 5.41) is 0. The molecule has 0 bridgehead atoms. The van der Waals surface area contributed by atoms with E-state index in [2.05, 4.69) is 24.3 Å². The standard InChI is InChI=1S/C24H19NO2S2/c26-23-22(17-18-11-13-20(14-12-18)19-7-3-1-4-8-19)29-24(28)25(23)15-16-27-21-9-5-2-6-10-21/h1-14,17H,15-16H2/b22-17-. The SMILES string of the molecule is O=C1/C(=C/c2ccc(-c3ccccc3)cc2)SC(=S)N1CCOc1ccccc1. The fourth-order valence-electron chi connectivity index (χ4n) is 3.02. The number of hydrogen-bond acceptors (Lipinski definition) is 4. The van der Waals surface area contributed by atoms with Crippen LogP contribution in [0.2, 0.25) is 0 Å². The van der Waals surface area contributed by atoms with Gasteiger partial charge < -0.3 is 4.74 Å². The number of carbonyl (C=O) groups is 1. The zero-order valence-corrected chi connectivity index (χ0v) is 17.3. The zero-order chi connectivity index (χ0) is 20.1. The highest BCUT2D eigenvalue weighted by atomic mass is 32.2. The van der Waals surface area contributed by atoms with E-state index < -0.39 is 0 Å². The number of carbonyl (C=O) groups excluding carboxylic acids is 1. The van der Waals surface area contributed by atoms with Crippen LogP contribution in [0, 0.1) is 0 Å². The molecule has 1 aliphatic heterocycles. The Morgan fingerprint density at radius 1 is 0.862 bits per heavy atom. The summed E-state index contributed by atoms with van der Waals surface area (Å²) >= 11 is 6.73. The van der Waals surface area contributed by atoms with Crippen LogP contribution in [0.1, 0.15) is 5.56 Å². The summed E-state index contributed by atoms with van der Waals surface area (Å²) < 4.78 is 6.26. The third kappa shape index (κ3) is 4.75. The molecule has 1 heterocycles. The Morgan fingerprint density at radius 2 is 1.48 bits per heavy atom. The number of hydrogen-bond donors (Lipinski definition) is 0. The summed E-state index contributed by atoms with van der Waals surface area (Å²) in [7, 11) is 0. The van der Waals surface area contributed by atoms with Crippen LogP contribution < -0.4 is 4.74 Å². The Kier molecular flexibility index (Phi) is 6.08. The van der Waals surface area contributed by atoms with Gasteiger partial charge in [0.05, 0.1) is 11.4 Å². The van der Waals surface area contributed by atoms with Crippen LogP contribution in [-0.4, -0.2) is 28.3 Å². The molecule has 1 aliphatic rings. The molecular weight excluding hydrogens is 398 g/mol. The highest BCUT2D eigenvalue weighted by Gasteiger charge is 2.31. The van der Waals surface area contributed by atoms with E-state index in [0.29, 0.717) is 22.4 Å². The summed E-state index contributed by atoms with van der Waals surface area (Å²) in [6.07, 6.45) is 1.89. The van der Waals surface area contributed by atoms with Crippen molar-refractivity contribution in [3.63, 3.8) is 0 Å². The number of amides is 1. The second-order valence-corrected chi connectivity index (χ2v) is 8.16. The molecule has 3 nitrogen and oxygen atoms in total. The molecule has 1 saturated heterocycles. The van der Waals surface area contributed by atoms with E-state index in [0.717, 1.165) is 16.9 Å². The average molecular weight is 418 g/mol. The summed E-state index contributed by atoms with van der Waals surface area (Å²) in [5.74, 6) is 0.718. The van der Waals surface area contributed by atoms with Crippen LogP contribution in [0.15, 0.2) is 89.8 Å². The van der Waals surface area contributed by atoms with Gasteiger partial charge in [0.15, 0.2) is 0 Å². The minimum Gasteiger partial charge on any atom is -0.492 e. The van der Waals surface area contributed by atoms with Gasteiger partial charge >= 0.3 is 0 Å². The van der Waals surface area contributed by atoms with E-state index in [-0.39, 0.29) is 5.91 Å². The molecule has 3 aromatic rings. The second-order valence-electron chi connectivity index (χ2n) is 6.48. The largest absolute Gasteiger partial charge is 0.492 e. The number of rotatable bonds is 6. The van der Waals surface area contributed by atoms with Gasteiger partial charge in [-0.15, -0.1) is 0 Å². The van der Waals surface area contributed by atoms with Crippen molar-refractivity contribution in [1.82, 2.24) is 4.90 Å². The van der Waals surface area contributed by atoms with Gasteiger partial charge in [-0.2, -0.15) is 0 Å². The molecule has 1 amide bonds. The minimum absolute atomic E-state index is 0.0659. The van der Waals surface area contributed by atoms with Gasteiger partial charge in [0.2, 0.25) is 0 Å². The van der Waals surface area contributed by atoms with Gasteiger partial charge in [-0.05, 0) is 34.9 Å². The Bertz CT molecular complexity index is 1030. The molecule has 0 N–H and O–H groups in total. The number of thioether (sulfide) groups is 1. The molecule has 0 aromatic heterocycles. The molecule has 3 aromatic carbocycles. The van der Waals surface area contributed by atoms with E-state index in [1.807, 2.05) is 66.7 Å². The Balaban J connectivity index is 1.40. The summed E-state index contributed by atoms with van der Waals surface area (Å²) in [6.45, 7) is 0.833. The van der Waals surface area contributed by atoms with Crippen LogP contribution >= 0.6 is 24.0 Å². The molecule has 0 saturated carbocycles. The van der Waals surface area contributed by atoms with Gasteiger partial charge in [0.1, 0.15) is 16.7 Å². The van der Waals surface area contributed by atoms with E-state index in [9.17, 15) is 4.79 Å². The Labute approximate surface area is 180 Å². The predicted octanol–water partition coefficient (Wildman–Crippen LogP) is 5.63. The molecule has 5 heteroatoms. The molecular formula is C24H19NO2S2. The van der Waals surface area contributed by atoms with E-state index in [4.69, 9.17) is 17.0 Å². The Morgan fingerprint density at radius 3 is 2.17 bits per heavy atom. The first-order valence-corrected chi connectivity index (χ1v) is 10.5. The van der Waals surface area contributed by atoms with Crippen LogP contribution in [0.3, 0.4) is 0 Å². The normalized spacial score (nSPS) is 15.2. The Hall–Kier alpha value is -2.89. The topological polar surface area (TPSA) is 29.5 Å². The number of thiocarbonyl (C=S) groups is 1.